The number of benzene rings is 1. The molecule has 7 nitrogen and oxygen atoms in total. The van der Waals surface area contributed by atoms with E-state index < -0.39 is 11.9 Å². The van der Waals surface area contributed by atoms with Crippen LogP contribution in [0.15, 0.2) is 18.2 Å². The molecule has 106 valence electrons. The number of carboxylic acid groups (broad SMARTS) is 1. The summed E-state index contributed by atoms with van der Waals surface area (Å²) in [5.74, 6) is -1.21. The van der Waals surface area contributed by atoms with Crippen molar-refractivity contribution in [3.8, 4) is 5.75 Å². The molecule has 0 radical (unpaired) electrons. The number of fused-ring (bicyclic) bond motifs is 1. The summed E-state index contributed by atoms with van der Waals surface area (Å²) in [5, 5.41) is 8.68. The minimum absolute atomic E-state index is 0.0320. The Labute approximate surface area is 115 Å². The van der Waals surface area contributed by atoms with Crippen LogP contribution in [0.3, 0.4) is 0 Å². The second kappa shape index (κ2) is 5.20. The van der Waals surface area contributed by atoms with Gasteiger partial charge in [0.15, 0.2) is 6.61 Å². The van der Waals surface area contributed by atoms with Gasteiger partial charge < -0.3 is 19.6 Å². The predicted octanol–water partition coefficient (Wildman–Crippen LogP) is 0.198. The lowest BCUT2D eigenvalue weighted by Gasteiger charge is -2.26. The Kier molecular flexibility index (Phi) is 3.60. The zero-order chi connectivity index (χ0) is 14.9. The smallest absolute Gasteiger partial charge is 0.323 e. The van der Waals surface area contributed by atoms with Gasteiger partial charge >= 0.3 is 5.97 Å². The third-order valence-electron chi connectivity index (χ3n) is 3.01. The van der Waals surface area contributed by atoms with Crippen molar-refractivity contribution in [1.82, 2.24) is 4.90 Å². The number of anilines is 1. The van der Waals surface area contributed by atoms with Gasteiger partial charge in [-0.2, -0.15) is 0 Å². The molecular weight excluding hydrogens is 264 g/mol. The minimum atomic E-state index is -1.09. The van der Waals surface area contributed by atoms with Gasteiger partial charge in [0, 0.05) is 19.7 Å². The second-order valence-electron chi connectivity index (χ2n) is 4.48. The van der Waals surface area contributed by atoms with Gasteiger partial charge in [0.05, 0.1) is 5.69 Å². The van der Waals surface area contributed by atoms with E-state index in [9.17, 15) is 14.4 Å². The van der Waals surface area contributed by atoms with Crippen molar-refractivity contribution < 1.29 is 24.2 Å². The Bertz CT molecular complexity index is 584. The summed E-state index contributed by atoms with van der Waals surface area (Å²) in [4.78, 5) is 36.7. The van der Waals surface area contributed by atoms with Crippen molar-refractivity contribution in [2.75, 3.05) is 32.1 Å². The monoisotopic (exact) mass is 278 g/mol. The van der Waals surface area contributed by atoms with Crippen LogP contribution in [0.25, 0.3) is 0 Å². The molecular formula is C13H14N2O5. The largest absolute Gasteiger partial charge is 0.482 e. The van der Waals surface area contributed by atoms with Gasteiger partial charge in [-0.25, -0.2) is 0 Å². The van der Waals surface area contributed by atoms with Gasteiger partial charge in [-0.05, 0) is 18.2 Å². The van der Waals surface area contributed by atoms with Crippen molar-refractivity contribution in [3.05, 3.63) is 23.8 Å². The molecule has 1 aliphatic heterocycles. The van der Waals surface area contributed by atoms with Gasteiger partial charge in [-0.15, -0.1) is 0 Å². The summed E-state index contributed by atoms with van der Waals surface area (Å²) in [6.45, 7) is -0.420. The molecule has 1 aliphatic rings. The van der Waals surface area contributed by atoms with Crippen LogP contribution in [0.1, 0.15) is 10.4 Å². The molecule has 0 spiro atoms. The molecule has 1 aromatic carbocycles. The lowest BCUT2D eigenvalue weighted by atomic mass is 10.1. The predicted molar refractivity (Wildman–Crippen MR) is 69.9 cm³/mol. The van der Waals surface area contributed by atoms with E-state index in [0.29, 0.717) is 17.0 Å². The molecule has 0 aromatic heterocycles. The van der Waals surface area contributed by atoms with Crippen molar-refractivity contribution in [2.45, 2.75) is 0 Å². The lowest BCUT2D eigenvalue weighted by Crippen LogP contribution is -2.36. The van der Waals surface area contributed by atoms with E-state index in [2.05, 4.69) is 0 Å². The molecule has 1 N–H and O–H groups in total. The highest BCUT2D eigenvalue weighted by molar-refractivity contribution is 6.01. The number of nitrogens with zero attached hydrogens (tertiary/aromatic N) is 2. The first-order valence-corrected chi connectivity index (χ1v) is 5.91. The van der Waals surface area contributed by atoms with E-state index in [1.807, 2.05) is 0 Å². The highest BCUT2D eigenvalue weighted by Crippen LogP contribution is 2.32. The molecule has 0 atom stereocenters. The average Bonchev–Trinajstić information content (AvgIpc) is 2.41. The fourth-order valence-electron chi connectivity index (χ4n) is 1.90. The Hall–Kier alpha value is -2.57. The second-order valence-corrected chi connectivity index (χ2v) is 4.48. The maximum Gasteiger partial charge on any atom is 0.323 e. The first-order chi connectivity index (χ1) is 9.40. The molecule has 2 amide bonds. The van der Waals surface area contributed by atoms with E-state index in [1.54, 1.807) is 19.2 Å². The van der Waals surface area contributed by atoms with E-state index in [0.717, 1.165) is 4.90 Å². The average molecular weight is 278 g/mol. The van der Waals surface area contributed by atoms with Crippen LogP contribution in [0, 0.1) is 0 Å². The SMILES string of the molecule is CN(CC(=O)O)C(=O)c1ccc2c(c1)N(C)C(=O)CO2. The molecule has 1 heterocycles. The van der Waals surface area contributed by atoms with Gasteiger partial charge in [0.2, 0.25) is 0 Å². The van der Waals surface area contributed by atoms with Gasteiger partial charge in [-0.1, -0.05) is 0 Å². The number of carbonyl (C=O) groups excluding carboxylic acids is 2. The fraction of sp³-hybridized carbons (Fsp3) is 0.308. The van der Waals surface area contributed by atoms with Gasteiger partial charge in [-0.3, -0.25) is 14.4 Å². The number of ether oxygens (including phenoxy) is 1. The number of carboxylic acids is 1. The van der Waals surface area contributed by atoms with Crippen LogP contribution in [0.2, 0.25) is 0 Å². The van der Waals surface area contributed by atoms with Crippen LogP contribution in [0.4, 0.5) is 5.69 Å². The lowest BCUT2D eigenvalue weighted by molar-refractivity contribution is -0.137. The van der Waals surface area contributed by atoms with Crippen LogP contribution >= 0.6 is 0 Å². The molecule has 0 saturated carbocycles. The van der Waals surface area contributed by atoms with Crippen molar-refractivity contribution >= 4 is 23.5 Å². The quantitative estimate of drug-likeness (QED) is 0.853. The molecule has 0 bridgehead atoms. The summed E-state index contributed by atoms with van der Waals surface area (Å²) in [7, 11) is 3.00. The molecule has 20 heavy (non-hydrogen) atoms. The summed E-state index contributed by atoms with van der Waals surface area (Å²) >= 11 is 0. The Balaban J connectivity index is 2.29. The molecule has 2 rings (SSSR count). The maximum atomic E-state index is 12.1. The maximum absolute atomic E-state index is 12.1. The van der Waals surface area contributed by atoms with E-state index in [4.69, 9.17) is 9.84 Å². The van der Waals surface area contributed by atoms with E-state index >= 15 is 0 Å². The van der Waals surface area contributed by atoms with E-state index in [-0.39, 0.29) is 19.1 Å². The third kappa shape index (κ3) is 2.56. The van der Waals surface area contributed by atoms with Crippen molar-refractivity contribution in [1.29, 1.82) is 0 Å². The van der Waals surface area contributed by atoms with Crippen molar-refractivity contribution in [2.24, 2.45) is 0 Å². The van der Waals surface area contributed by atoms with E-state index in [1.165, 1.54) is 18.0 Å². The topological polar surface area (TPSA) is 87.2 Å². The zero-order valence-corrected chi connectivity index (χ0v) is 11.1. The molecule has 0 unspecified atom stereocenters. The number of hydrogen-bond donors (Lipinski definition) is 1. The highest BCUT2D eigenvalue weighted by Gasteiger charge is 2.24. The fourth-order valence-corrected chi connectivity index (χ4v) is 1.90. The molecule has 0 saturated heterocycles. The highest BCUT2D eigenvalue weighted by atomic mass is 16.5. The summed E-state index contributed by atoms with van der Waals surface area (Å²) < 4.78 is 5.26. The summed E-state index contributed by atoms with van der Waals surface area (Å²) in [5.41, 5.74) is 0.800. The first kappa shape index (κ1) is 13.9. The van der Waals surface area contributed by atoms with Crippen LogP contribution < -0.4 is 9.64 Å². The number of hydrogen-bond acceptors (Lipinski definition) is 4. The van der Waals surface area contributed by atoms with Crippen molar-refractivity contribution in [3.63, 3.8) is 0 Å². The third-order valence-corrected chi connectivity index (χ3v) is 3.01. The standard InChI is InChI=1S/C13H14N2O5/c1-14(6-12(17)18)13(19)8-3-4-10-9(5-8)15(2)11(16)7-20-10/h3-5H,6-7H2,1-2H3,(H,17,18). The summed E-state index contributed by atoms with van der Waals surface area (Å²) in [6.07, 6.45) is 0. The Morgan fingerprint density at radius 2 is 2.15 bits per heavy atom. The molecule has 0 fully saturated rings. The molecule has 7 heteroatoms. The van der Waals surface area contributed by atoms with Gasteiger partial charge in [0.25, 0.3) is 11.8 Å². The number of aliphatic carboxylic acids is 1. The number of likely N-dealkylation sites (N-methyl/N-ethyl adjacent to an activating group) is 2. The number of rotatable bonds is 3. The van der Waals surface area contributed by atoms with Crippen LogP contribution in [-0.4, -0.2) is 55.0 Å². The molecule has 1 aromatic rings. The normalized spacial score (nSPS) is 13.5. The Morgan fingerprint density at radius 1 is 1.45 bits per heavy atom. The summed E-state index contributed by atoms with van der Waals surface area (Å²) in [6, 6.07) is 4.66. The number of amides is 2. The first-order valence-electron chi connectivity index (χ1n) is 5.91. The van der Waals surface area contributed by atoms with Crippen LogP contribution in [-0.2, 0) is 9.59 Å². The number of carbonyl (C=O) groups is 3. The van der Waals surface area contributed by atoms with Gasteiger partial charge in [0.1, 0.15) is 12.3 Å². The Morgan fingerprint density at radius 3 is 2.80 bits per heavy atom. The zero-order valence-electron chi connectivity index (χ0n) is 11.1. The molecule has 0 aliphatic carbocycles. The van der Waals surface area contributed by atoms with Crippen LogP contribution in [0.5, 0.6) is 5.75 Å². The minimum Gasteiger partial charge on any atom is -0.482 e.